The van der Waals surface area contributed by atoms with Crippen LogP contribution in [0.3, 0.4) is 0 Å². The van der Waals surface area contributed by atoms with Crippen LogP contribution in [0.25, 0.3) is 0 Å². The number of nitrogens with zero attached hydrogens (tertiary/aromatic N) is 2. The van der Waals surface area contributed by atoms with Gasteiger partial charge in [-0.05, 0) is 51.0 Å². The molecule has 0 aromatic carbocycles. The minimum Gasteiger partial charge on any atom is -0.330 e. The maximum Gasteiger partial charge on any atom is 0.232 e. The highest BCUT2D eigenvalue weighted by molar-refractivity contribution is 7.16. The second-order valence-electron chi connectivity index (χ2n) is 6.34. The predicted octanol–water partition coefficient (Wildman–Crippen LogP) is 2.92. The molecule has 22 heavy (non-hydrogen) atoms. The van der Waals surface area contributed by atoms with E-state index in [4.69, 9.17) is 10.7 Å². The molecule has 2 aliphatic carbocycles. The van der Waals surface area contributed by atoms with Gasteiger partial charge < -0.3 is 5.73 Å². The smallest absolute Gasteiger partial charge is 0.232 e. The van der Waals surface area contributed by atoms with Crippen molar-refractivity contribution >= 4 is 22.4 Å². The quantitative estimate of drug-likeness (QED) is 0.849. The van der Waals surface area contributed by atoms with Crippen molar-refractivity contribution in [2.75, 3.05) is 18.0 Å². The van der Waals surface area contributed by atoms with Crippen LogP contribution in [-0.4, -0.2) is 24.0 Å². The molecule has 0 saturated heterocycles. The van der Waals surface area contributed by atoms with Crippen LogP contribution < -0.4 is 10.6 Å². The van der Waals surface area contributed by atoms with Crippen LogP contribution in [0.15, 0.2) is 12.7 Å². The summed E-state index contributed by atoms with van der Waals surface area (Å²) in [5.74, 6) is 0.583. The number of rotatable bonds is 5. The van der Waals surface area contributed by atoms with Gasteiger partial charge >= 0.3 is 0 Å². The van der Waals surface area contributed by atoms with Crippen LogP contribution in [0.2, 0.25) is 0 Å². The molecule has 3 rings (SSSR count). The molecule has 1 fully saturated rings. The first kappa shape index (κ1) is 15.7. The number of carbonyl (C=O) groups excluding carboxylic acids is 1. The molecule has 0 radical (unpaired) electrons. The van der Waals surface area contributed by atoms with Gasteiger partial charge in [0.2, 0.25) is 5.91 Å². The van der Waals surface area contributed by atoms with E-state index in [2.05, 4.69) is 6.58 Å². The Bertz CT molecular complexity index is 531. The zero-order valence-electron chi connectivity index (χ0n) is 13.1. The maximum absolute atomic E-state index is 13.0. The van der Waals surface area contributed by atoms with E-state index in [1.54, 1.807) is 17.4 Å². The Kier molecular flexibility index (Phi) is 4.93. The van der Waals surface area contributed by atoms with Gasteiger partial charge in [0.05, 0.1) is 5.69 Å². The van der Waals surface area contributed by atoms with Crippen molar-refractivity contribution in [2.24, 2.45) is 17.6 Å². The summed E-state index contributed by atoms with van der Waals surface area (Å²) in [6.07, 6.45) is 9.54. The molecule has 0 unspecified atom stereocenters. The van der Waals surface area contributed by atoms with Gasteiger partial charge in [0.1, 0.15) is 0 Å². The van der Waals surface area contributed by atoms with Gasteiger partial charge in [-0.25, -0.2) is 4.98 Å². The zero-order chi connectivity index (χ0) is 15.5. The molecule has 0 aliphatic heterocycles. The maximum atomic E-state index is 13.0. The van der Waals surface area contributed by atoms with E-state index < -0.39 is 0 Å². The number of hydrogen-bond acceptors (Lipinski definition) is 4. The largest absolute Gasteiger partial charge is 0.330 e. The third-order valence-electron chi connectivity index (χ3n) is 4.92. The number of thiazole rings is 1. The van der Waals surface area contributed by atoms with E-state index in [-0.39, 0.29) is 11.8 Å². The summed E-state index contributed by atoms with van der Waals surface area (Å²) in [7, 11) is 0. The number of amides is 1. The van der Waals surface area contributed by atoms with E-state index >= 15 is 0 Å². The summed E-state index contributed by atoms with van der Waals surface area (Å²) in [4.78, 5) is 21.0. The van der Waals surface area contributed by atoms with Crippen molar-refractivity contribution < 1.29 is 4.79 Å². The van der Waals surface area contributed by atoms with Gasteiger partial charge in [-0.3, -0.25) is 9.69 Å². The summed E-state index contributed by atoms with van der Waals surface area (Å²) in [5.41, 5.74) is 7.05. The van der Waals surface area contributed by atoms with Crippen LogP contribution in [0, 0.1) is 11.8 Å². The van der Waals surface area contributed by atoms with Crippen LogP contribution in [0.5, 0.6) is 0 Å². The average molecular weight is 319 g/mol. The standard InChI is InChI=1S/C17H25N3OS/c1-2-10-20(16(21)13-7-5-6-12(13)11-18)17-19-14-8-3-4-9-15(14)22-17/h2,12-13H,1,3-11,18H2/t12-,13-/m1/s1. The predicted molar refractivity (Wildman–Crippen MR) is 91.2 cm³/mol. The van der Waals surface area contributed by atoms with Gasteiger partial charge in [-0.2, -0.15) is 0 Å². The number of fused-ring (bicyclic) bond motifs is 1. The Morgan fingerprint density at radius 1 is 1.36 bits per heavy atom. The van der Waals surface area contributed by atoms with Crippen molar-refractivity contribution in [3.05, 3.63) is 23.2 Å². The van der Waals surface area contributed by atoms with E-state index in [9.17, 15) is 4.79 Å². The molecular weight excluding hydrogens is 294 g/mol. The average Bonchev–Trinajstić information content (AvgIpc) is 3.17. The van der Waals surface area contributed by atoms with E-state index in [1.807, 2.05) is 4.90 Å². The van der Waals surface area contributed by atoms with E-state index in [1.165, 1.54) is 23.4 Å². The van der Waals surface area contributed by atoms with Crippen molar-refractivity contribution in [1.82, 2.24) is 4.98 Å². The molecule has 4 nitrogen and oxygen atoms in total. The lowest BCUT2D eigenvalue weighted by molar-refractivity contribution is -0.123. The van der Waals surface area contributed by atoms with Gasteiger partial charge in [-0.15, -0.1) is 17.9 Å². The lowest BCUT2D eigenvalue weighted by atomic mass is 9.95. The highest BCUT2D eigenvalue weighted by atomic mass is 32.1. The van der Waals surface area contributed by atoms with Crippen molar-refractivity contribution in [1.29, 1.82) is 0 Å². The highest BCUT2D eigenvalue weighted by Gasteiger charge is 2.36. The molecule has 0 spiro atoms. The van der Waals surface area contributed by atoms with Gasteiger partial charge in [0, 0.05) is 17.3 Å². The number of carbonyl (C=O) groups is 1. The van der Waals surface area contributed by atoms with Crippen molar-refractivity contribution in [3.8, 4) is 0 Å². The Balaban J connectivity index is 1.84. The van der Waals surface area contributed by atoms with Gasteiger partial charge in [-0.1, -0.05) is 12.5 Å². The van der Waals surface area contributed by atoms with Crippen LogP contribution in [0.1, 0.15) is 42.7 Å². The first-order chi connectivity index (χ1) is 10.7. The number of anilines is 1. The van der Waals surface area contributed by atoms with Crippen molar-refractivity contribution in [2.45, 2.75) is 44.9 Å². The molecule has 1 saturated carbocycles. The van der Waals surface area contributed by atoms with Crippen LogP contribution in [-0.2, 0) is 17.6 Å². The summed E-state index contributed by atoms with van der Waals surface area (Å²) >= 11 is 1.69. The summed E-state index contributed by atoms with van der Waals surface area (Å²) in [6.45, 7) is 4.96. The number of aromatic nitrogens is 1. The fraction of sp³-hybridized carbons (Fsp3) is 0.647. The molecule has 1 aromatic heterocycles. The molecule has 2 aliphatic rings. The fourth-order valence-electron chi connectivity index (χ4n) is 3.69. The molecule has 5 heteroatoms. The first-order valence-electron chi connectivity index (χ1n) is 8.35. The lowest BCUT2D eigenvalue weighted by Gasteiger charge is -2.25. The molecule has 1 aromatic rings. The van der Waals surface area contributed by atoms with Gasteiger partial charge in [0.15, 0.2) is 5.13 Å². The first-order valence-corrected chi connectivity index (χ1v) is 9.17. The topological polar surface area (TPSA) is 59.2 Å². The minimum atomic E-state index is 0.0610. The second kappa shape index (κ2) is 6.92. The highest BCUT2D eigenvalue weighted by Crippen LogP contribution is 2.36. The molecule has 2 N–H and O–H groups in total. The summed E-state index contributed by atoms with van der Waals surface area (Å²) < 4.78 is 0. The Morgan fingerprint density at radius 3 is 2.91 bits per heavy atom. The molecular formula is C17H25N3OS. The SMILES string of the molecule is C=CCN(C(=O)[C@@H]1CCC[C@@H]1CN)c1nc2c(s1)CCCC2. The minimum absolute atomic E-state index is 0.0610. The Labute approximate surface area is 136 Å². The fourth-order valence-corrected chi connectivity index (χ4v) is 4.85. The number of aryl methyl sites for hydroxylation is 2. The van der Waals surface area contributed by atoms with Crippen molar-refractivity contribution in [3.63, 3.8) is 0 Å². The molecule has 1 amide bonds. The lowest BCUT2D eigenvalue weighted by Crippen LogP contribution is -2.39. The van der Waals surface area contributed by atoms with Crippen LogP contribution in [0.4, 0.5) is 5.13 Å². The van der Waals surface area contributed by atoms with E-state index in [0.29, 0.717) is 19.0 Å². The summed E-state index contributed by atoms with van der Waals surface area (Å²) in [6, 6.07) is 0. The Morgan fingerprint density at radius 2 is 2.18 bits per heavy atom. The summed E-state index contributed by atoms with van der Waals surface area (Å²) in [5, 5.41) is 0.861. The third kappa shape index (κ3) is 2.97. The van der Waals surface area contributed by atoms with Gasteiger partial charge in [0.25, 0.3) is 0 Å². The third-order valence-corrected chi connectivity index (χ3v) is 6.10. The van der Waals surface area contributed by atoms with E-state index in [0.717, 1.165) is 37.2 Å². The number of nitrogens with two attached hydrogens (primary N) is 1. The zero-order valence-corrected chi connectivity index (χ0v) is 13.9. The second-order valence-corrected chi connectivity index (χ2v) is 7.41. The molecule has 120 valence electrons. The molecule has 1 heterocycles. The monoisotopic (exact) mass is 319 g/mol. The molecule has 2 atom stereocenters. The molecule has 0 bridgehead atoms. The normalized spacial score (nSPS) is 24.0. The number of hydrogen-bond donors (Lipinski definition) is 1. The van der Waals surface area contributed by atoms with Crippen LogP contribution >= 0.6 is 11.3 Å². The Hall–Kier alpha value is -1.20.